The first kappa shape index (κ1) is 26.7. The zero-order valence-corrected chi connectivity index (χ0v) is 22.0. The van der Waals surface area contributed by atoms with E-state index in [1.54, 1.807) is 54.6 Å². The van der Waals surface area contributed by atoms with Crippen LogP contribution in [0.3, 0.4) is 0 Å². The molecular weight excluding hydrogens is 525 g/mol. The first-order valence-corrected chi connectivity index (χ1v) is 14.1. The van der Waals surface area contributed by atoms with Gasteiger partial charge < -0.3 is 14.3 Å². The Morgan fingerprint density at radius 3 is 2.69 bits per heavy atom. The molecule has 0 radical (unpaired) electrons. The van der Waals surface area contributed by atoms with Gasteiger partial charge in [0.05, 0.1) is 28.6 Å². The van der Waals surface area contributed by atoms with Crippen LogP contribution in [0.5, 0.6) is 5.75 Å². The molecule has 2 unspecified atom stereocenters. The van der Waals surface area contributed by atoms with Crippen molar-refractivity contribution in [1.82, 2.24) is 4.90 Å². The summed E-state index contributed by atoms with van der Waals surface area (Å²) < 4.78 is 36.1. The summed E-state index contributed by atoms with van der Waals surface area (Å²) in [4.78, 5) is 13.7. The number of halogens is 2. The molecule has 36 heavy (non-hydrogen) atoms. The lowest BCUT2D eigenvalue weighted by atomic mass is 10.1. The smallest absolute Gasteiger partial charge is 0.163 e. The highest BCUT2D eigenvalue weighted by Crippen LogP contribution is 2.32. The Morgan fingerprint density at radius 2 is 1.97 bits per heavy atom. The van der Waals surface area contributed by atoms with Gasteiger partial charge in [0.2, 0.25) is 0 Å². The van der Waals surface area contributed by atoms with E-state index < -0.39 is 15.9 Å². The van der Waals surface area contributed by atoms with Crippen LogP contribution in [0.25, 0.3) is 11.3 Å². The van der Waals surface area contributed by atoms with Gasteiger partial charge in [-0.05, 0) is 55.8 Å². The van der Waals surface area contributed by atoms with Crippen molar-refractivity contribution in [1.29, 1.82) is 0 Å². The number of hydrogen-bond acceptors (Lipinski definition) is 7. The summed E-state index contributed by atoms with van der Waals surface area (Å²) in [6, 6.07) is 15.3. The zero-order valence-electron chi connectivity index (χ0n) is 19.7. The lowest BCUT2D eigenvalue weighted by molar-refractivity contribution is 0.0494. The van der Waals surface area contributed by atoms with E-state index in [9.17, 15) is 18.3 Å². The van der Waals surface area contributed by atoms with E-state index in [2.05, 4.69) is 0 Å². The third kappa shape index (κ3) is 6.69. The van der Waals surface area contributed by atoms with Crippen molar-refractivity contribution in [3.63, 3.8) is 0 Å². The molecule has 4 rings (SSSR count). The number of carbonyl (C=O) groups is 1. The molecule has 0 spiro atoms. The Bertz CT molecular complexity index is 1340. The lowest BCUT2D eigenvalue weighted by Crippen LogP contribution is -2.42. The molecule has 2 atom stereocenters. The number of aliphatic hydroxyl groups is 1. The molecule has 0 amide bonds. The molecule has 1 saturated heterocycles. The van der Waals surface area contributed by atoms with Crippen molar-refractivity contribution in [3.8, 4) is 17.1 Å². The molecule has 2 aromatic carbocycles. The number of hydrogen-bond donors (Lipinski definition) is 1. The van der Waals surface area contributed by atoms with Crippen LogP contribution in [0.15, 0.2) is 59.0 Å². The summed E-state index contributed by atoms with van der Waals surface area (Å²) in [7, 11) is -3.14. The maximum atomic E-state index is 12.2. The average Bonchev–Trinajstić information content (AvgIpc) is 3.45. The van der Waals surface area contributed by atoms with Crippen molar-refractivity contribution in [2.75, 3.05) is 24.7 Å². The van der Waals surface area contributed by atoms with Crippen LogP contribution in [-0.4, -0.2) is 61.0 Å². The van der Waals surface area contributed by atoms with Gasteiger partial charge in [0.25, 0.3) is 0 Å². The molecule has 3 aromatic rings. The molecule has 10 heteroatoms. The van der Waals surface area contributed by atoms with Gasteiger partial charge in [0.15, 0.2) is 15.6 Å². The molecule has 1 N–H and O–H groups in total. The van der Waals surface area contributed by atoms with Gasteiger partial charge in [0, 0.05) is 23.2 Å². The van der Waals surface area contributed by atoms with Gasteiger partial charge in [-0.3, -0.25) is 9.69 Å². The van der Waals surface area contributed by atoms with Crippen molar-refractivity contribution >= 4 is 38.8 Å². The van der Waals surface area contributed by atoms with Crippen molar-refractivity contribution in [2.45, 2.75) is 32.0 Å². The van der Waals surface area contributed by atoms with E-state index in [0.717, 1.165) is 0 Å². The quantitative estimate of drug-likeness (QED) is 0.358. The number of aliphatic hydroxyl groups excluding tert-OH is 1. The normalized spacial score (nSPS) is 17.9. The highest BCUT2D eigenvalue weighted by molar-refractivity contribution is 7.91. The third-order valence-electron chi connectivity index (χ3n) is 6.08. The SMILES string of the molecule is CC(=O)c1ccccc1OCC(O)CN(Cc1ccc(-c2cc(Cl)ccc2Cl)o1)C1CCS(=O)(=O)C1. The first-order chi connectivity index (χ1) is 17.1. The fourth-order valence-electron chi connectivity index (χ4n) is 4.29. The number of rotatable bonds is 10. The van der Waals surface area contributed by atoms with Gasteiger partial charge in [0.1, 0.15) is 30.0 Å². The number of ketones is 1. The van der Waals surface area contributed by atoms with Crippen LogP contribution < -0.4 is 4.74 Å². The Labute approximate surface area is 220 Å². The lowest BCUT2D eigenvalue weighted by Gasteiger charge is -2.29. The molecular formula is C26H27Cl2NO6S. The van der Waals surface area contributed by atoms with Gasteiger partial charge >= 0.3 is 0 Å². The number of sulfone groups is 1. The molecule has 192 valence electrons. The first-order valence-electron chi connectivity index (χ1n) is 11.5. The molecule has 1 aliphatic rings. The fourth-order valence-corrected chi connectivity index (χ4v) is 6.44. The van der Waals surface area contributed by atoms with Gasteiger partial charge in [-0.1, -0.05) is 35.3 Å². The van der Waals surface area contributed by atoms with Crippen molar-refractivity contribution in [3.05, 3.63) is 76.0 Å². The molecule has 0 aliphatic carbocycles. The Morgan fingerprint density at radius 1 is 1.19 bits per heavy atom. The molecule has 2 heterocycles. The summed E-state index contributed by atoms with van der Waals surface area (Å²) in [5, 5.41) is 11.8. The minimum absolute atomic E-state index is 0.0153. The van der Waals surface area contributed by atoms with E-state index in [1.807, 2.05) is 4.90 Å². The summed E-state index contributed by atoms with van der Waals surface area (Å²) in [6.07, 6.45) is -0.457. The van der Waals surface area contributed by atoms with E-state index in [-0.39, 0.29) is 36.5 Å². The highest BCUT2D eigenvalue weighted by Gasteiger charge is 2.33. The molecule has 1 fully saturated rings. The molecule has 1 aromatic heterocycles. The van der Waals surface area contributed by atoms with Crippen LogP contribution in [0.1, 0.15) is 29.5 Å². The van der Waals surface area contributed by atoms with Crippen LogP contribution >= 0.6 is 23.2 Å². The predicted molar refractivity (Wildman–Crippen MR) is 140 cm³/mol. The minimum atomic E-state index is -3.14. The Kier molecular flexibility index (Phi) is 8.42. The predicted octanol–water partition coefficient (Wildman–Crippen LogP) is 4.89. The van der Waals surface area contributed by atoms with E-state index in [1.165, 1.54) is 6.92 Å². The number of para-hydroxylation sites is 1. The van der Waals surface area contributed by atoms with E-state index in [4.69, 9.17) is 32.4 Å². The standard InChI is InChI=1S/C26H27Cl2NO6S/c1-17(30)22-4-2-3-5-25(22)34-15-20(31)13-29(19-10-11-36(32,33)16-19)14-21-7-9-26(35-21)23-12-18(27)6-8-24(23)28/h2-9,12,19-20,31H,10-11,13-16H2,1H3. The number of Topliss-reactive ketones (excluding diaryl/α,β-unsaturated/α-hetero) is 1. The van der Waals surface area contributed by atoms with Crippen LogP contribution in [0, 0.1) is 0 Å². The molecule has 0 bridgehead atoms. The number of nitrogens with zero attached hydrogens (tertiary/aromatic N) is 1. The van der Waals surface area contributed by atoms with Crippen LogP contribution in [-0.2, 0) is 16.4 Å². The van der Waals surface area contributed by atoms with Gasteiger partial charge in [-0.25, -0.2) is 8.42 Å². The Hall–Kier alpha value is -2.36. The third-order valence-corrected chi connectivity index (χ3v) is 8.40. The fraction of sp³-hybridized carbons (Fsp3) is 0.346. The second-order valence-electron chi connectivity index (χ2n) is 8.89. The second-order valence-corrected chi connectivity index (χ2v) is 12.0. The maximum Gasteiger partial charge on any atom is 0.163 e. The second kappa shape index (κ2) is 11.4. The average molecular weight is 552 g/mol. The maximum absolute atomic E-state index is 12.2. The zero-order chi connectivity index (χ0) is 25.9. The van der Waals surface area contributed by atoms with Gasteiger partial charge in [-0.2, -0.15) is 0 Å². The minimum Gasteiger partial charge on any atom is -0.490 e. The molecule has 0 saturated carbocycles. The van der Waals surface area contributed by atoms with Crippen molar-refractivity contribution in [2.24, 2.45) is 0 Å². The summed E-state index contributed by atoms with van der Waals surface area (Å²) in [5.74, 6) is 1.52. The summed E-state index contributed by atoms with van der Waals surface area (Å²) in [6.45, 7) is 1.85. The monoisotopic (exact) mass is 551 g/mol. The molecule has 7 nitrogen and oxygen atoms in total. The number of ether oxygens (including phenoxy) is 1. The number of benzene rings is 2. The Balaban J connectivity index is 1.48. The number of carbonyl (C=O) groups excluding carboxylic acids is 1. The van der Waals surface area contributed by atoms with Crippen LogP contribution in [0.2, 0.25) is 10.0 Å². The van der Waals surface area contributed by atoms with Gasteiger partial charge in [-0.15, -0.1) is 0 Å². The topological polar surface area (TPSA) is 97.1 Å². The largest absolute Gasteiger partial charge is 0.490 e. The summed E-state index contributed by atoms with van der Waals surface area (Å²) >= 11 is 12.4. The molecule has 1 aliphatic heterocycles. The number of furan rings is 1. The van der Waals surface area contributed by atoms with Crippen molar-refractivity contribution < 1.29 is 27.5 Å². The highest BCUT2D eigenvalue weighted by atomic mass is 35.5. The van der Waals surface area contributed by atoms with E-state index >= 15 is 0 Å². The van der Waals surface area contributed by atoms with E-state index in [0.29, 0.717) is 51.4 Å². The van der Waals surface area contributed by atoms with Crippen LogP contribution in [0.4, 0.5) is 0 Å². The summed E-state index contributed by atoms with van der Waals surface area (Å²) in [5.41, 5.74) is 1.09.